The highest BCUT2D eigenvalue weighted by molar-refractivity contribution is 5.26. The average Bonchev–Trinajstić information content (AvgIpc) is 3.53. The molecule has 0 spiro atoms. The number of allylic oxidation sites excluding steroid dienone is 8. The van der Waals surface area contributed by atoms with Gasteiger partial charge in [-0.05, 0) is 0 Å². The minimum Gasteiger partial charge on any atom is -0.336 e. The number of nitrogen functional groups attached to an aromatic ring is 1. The minimum atomic E-state index is -0.255. The molecule has 0 aromatic carbocycles. The van der Waals surface area contributed by atoms with Crippen LogP contribution in [0.4, 0.5) is 0 Å². The van der Waals surface area contributed by atoms with E-state index >= 15 is 0 Å². The molecule has 0 fully saturated rings. The van der Waals surface area contributed by atoms with Gasteiger partial charge in [-0.2, -0.15) is 0 Å². The average molecular weight is 374 g/mol. The highest BCUT2D eigenvalue weighted by Gasteiger charge is 2.34. The van der Waals surface area contributed by atoms with Gasteiger partial charge >= 0.3 is 0 Å². The highest BCUT2D eigenvalue weighted by atomic mass is 15.5. The van der Waals surface area contributed by atoms with E-state index in [9.17, 15) is 0 Å². The molecule has 2 atom stereocenters. The molecule has 10 nitrogen and oxygen atoms in total. The maximum absolute atomic E-state index is 6.52. The van der Waals surface area contributed by atoms with Crippen molar-refractivity contribution < 1.29 is 0 Å². The predicted octanol–water partition coefficient (Wildman–Crippen LogP) is 0.838. The maximum Gasteiger partial charge on any atom is 0.177 e. The molecule has 0 radical (unpaired) electrons. The molecular weight excluding hydrogens is 356 g/mol. The van der Waals surface area contributed by atoms with Gasteiger partial charge in [-0.1, -0.05) is 59.0 Å². The second-order valence-electron chi connectivity index (χ2n) is 6.64. The lowest BCUT2D eigenvalue weighted by Gasteiger charge is -2.22. The van der Waals surface area contributed by atoms with Crippen LogP contribution >= 0.6 is 0 Å². The Hall–Kier alpha value is -3.82. The fourth-order valence-corrected chi connectivity index (χ4v) is 3.70. The van der Waals surface area contributed by atoms with Gasteiger partial charge in [-0.25, -0.2) is 14.0 Å². The second-order valence-corrected chi connectivity index (χ2v) is 6.64. The number of hydrogen-bond donors (Lipinski definition) is 1. The van der Waals surface area contributed by atoms with Crippen molar-refractivity contribution in [2.45, 2.75) is 12.1 Å². The molecular formula is C18H18N10. The van der Waals surface area contributed by atoms with Crippen LogP contribution in [0.5, 0.6) is 0 Å². The first-order chi connectivity index (χ1) is 13.8. The Kier molecular flexibility index (Phi) is 3.93. The third-order valence-corrected chi connectivity index (χ3v) is 5.01. The summed E-state index contributed by atoms with van der Waals surface area (Å²) in [6.07, 6.45) is 23.2. The Labute approximate surface area is 160 Å². The molecule has 3 aromatic heterocycles. The quantitative estimate of drug-likeness (QED) is 0.635. The molecule has 2 unspecified atom stereocenters. The van der Waals surface area contributed by atoms with Crippen LogP contribution in [-0.4, -0.2) is 44.9 Å². The largest absolute Gasteiger partial charge is 0.336 e. The van der Waals surface area contributed by atoms with Crippen molar-refractivity contribution in [2.75, 3.05) is 5.84 Å². The van der Waals surface area contributed by atoms with Crippen LogP contribution in [0.25, 0.3) is 0 Å². The molecule has 2 aliphatic rings. The summed E-state index contributed by atoms with van der Waals surface area (Å²) >= 11 is 0. The Balaban J connectivity index is 1.59. The summed E-state index contributed by atoms with van der Waals surface area (Å²) in [5.41, 5.74) is 0. The Morgan fingerprint density at radius 2 is 1.14 bits per heavy atom. The van der Waals surface area contributed by atoms with Crippen LogP contribution in [0.2, 0.25) is 0 Å². The van der Waals surface area contributed by atoms with Crippen molar-refractivity contribution in [3.05, 3.63) is 85.0 Å². The lowest BCUT2D eigenvalue weighted by molar-refractivity contribution is 0.407. The summed E-state index contributed by atoms with van der Waals surface area (Å²) in [4.78, 5) is 0. The van der Waals surface area contributed by atoms with Crippen LogP contribution < -0.4 is 5.84 Å². The van der Waals surface area contributed by atoms with Gasteiger partial charge in [0.2, 0.25) is 0 Å². The topological polar surface area (TPSA) is 118 Å². The number of rotatable bonds is 6. The zero-order chi connectivity index (χ0) is 18.9. The summed E-state index contributed by atoms with van der Waals surface area (Å²) in [5.74, 6) is 7.82. The molecule has 3 aromatic rings. The van der Waals surface area contributed by atoms with E-state index in [4.69, 9.17) is 5.84 Å². The third-order valence-electron chi connectivity index (χ3n) is 5.01. The fourth-order valence-electron chi connectivity index (χ4n) is 3.70. The first-order valence-electron chi connectivity index (χ1n) is 8.95. The molecule has 28 heavy (non-hydrogen) atoms. The predicted molar refractivity (Wildman–Crippen MR) is 100 cm³/mol. The summed E-state index contributed by atoms with van der Waals surface area (Å²) in [6, 6.07) is -0.510. The monoisotopic (exact) mass is 374 g/mol. The van der Waals surface area contributed by atoms with Crippen LogP contribution in [0.15, 0.2) is 73.4 Å². The van der Waals surface area contributed by atoms with Crippen LogP contribution in [-0.2, 0) is 0 Å². The minimum absolute atomic E-state index is 0.0529. The van der Waals surface area contributed by atoms with Gasteiger partial charge in [-0.15, -0.1) is 20.4 Å². The zero-order valence-electron chi connectivity index (χ0n) is 14.8. The van der Waals surface area contributed by atoms with Crippen molar-refractivity contribution in [3.8, 4) is 0 Å². The zero-order valence-corrected chi connectivity index (χ0v) is 14.8. The summed E-state index contributed by atoms with van der Waals surface area (Å²) in [6.45, 7) is 0. The third kappa shape index (κ3) is 2.66. The summed E-state index contributed by atoms with van der Waals surface area (Å²) < 4.78 is 5.04. The van der Waals surface area contributed by atoms with Crippen molar-refractivity contribution >= 4 is 0 Å². The molecule has 0 bridgehead atoms. The van der Waals surface area contributed by atoms with Crippen molar-refractivity contribution in [1.82, 2.24) is 44.9 Å². The smallest absolute Gasteiger partial charge is 0.177 e. The number of hydrogen-bond acceptors (Lipinski definition) is 7. The van der Waals surface area contributed by atoms with Crippen LogP contribution in [0.1, 0.15) is 23.7 Å². The molecule has 2 N–H and O–H groups in total. The van der Waals surface area contributed by atoms with E-state index in [-0.39, 0.29) is 23.9 Å². The number of nitrogens with two attached hydrogens (primary N) is 1. The molecule has 3 heterocycles. The van der Waals surface area contributed by atoms with Crippen LogP contribution in [0, 0.1) is 11.8 Å². The van der Waals surface area contributed by atoms with Crippen molar-refractivity contribution in [1.29, 1.82) is 0 Å². The van der Waals surface area contributed by atoms with Crippen LogP contribution in [0.3, 0.4) is 0 Å². The Bertz CT molecular complexity index is 946. The van der Waals surface area contributed by atoms with E-state index in [1.165, 1.54) is 0 Å². The Morgan fingerprint density at radius 3 is 1.50 bits per heavy atom. The molecule has 0 aliphatic heterocycles. The molecule has 0 amide bonds. The van der Waals surface area contributed by atoms with E-state index < -0.39 is 0 Å². The van der Waals surface area contributed by atoms with Gasteiger partial charge in [-0.3, -0.25) is 0 Å². The molecule has 0 saturated carbocycles. The fraction of sp³-hybridized carbons (Fsp3) is 0.222. The van der Waals surface area contributed by atoms with Gasteiger partial charge in [0.05, 0.1) is 12.4 Å². The van der Waals surface area contributed by atoms with E-state index in [0.717, 1.165) is 0 Å². The van der Waals surface area contributed by atoms with E-state index in [0.29, 0.717) is 11.6 Å². The SMILES string of the molecule is Nn1c(C(C2C=CC=C2)n2ccnn2)nnc1C(C1C=CC=C1)n1ccnn1. The normalized spacial score (nSPS) is 18.4. The lowest BCUT2D eigenvalue weighted by atomic mass is 10.00. The molecule has 10 heteroatoms. The van der Waals surface area contributed by atoms with Gasteiger partial charge in [0.1, 0.15) is 12.1 Å². The lowest BCUT2D eigenvalue weighted by Crippen LogP contribution is -2.29. The Morgan fingerprint density at radius 1 is 0.714 bits per heavy atom. The standard InChI is InChI=1S/C18H18N10/c19-28-17(15(13-5-1-2-6-13)26-11-9-20-24-26)22-23-18(28)16(14-7-3-4-8-14)27-12-10-21-25-27/h1-16H,19H2. The highest BCUT2D eigenvalue weighted by Crippen LogP contribution is 2.33. The van der Waals surface area contributed by atoms with E-state index in [1.807, 2.05) is 24.3 Å². The summed E-state index contributed by atoms with van der Waals surface area (Å²) in [5, 5.41) is 25.1. The van der Waals surface area contributed by atoms with Gasteiger partial charge < -0.3 is 5.84 Å². The second kappa shape index (κ2) is 6.72. The molecule has 2 aliphatic carbocycles. The number of aromatic nitrogens is 9. The summed E-state index contributed by atoms with van der Waals surface area (Å²) in [7, 11) is 0. The number of nitrogens with zero attached hydrogens (tertiary/aromatic N) is 9. The molecule has 140 valence electrons. The van der Waals surface area contributed by atoms with Crippen molar-refractivity contribution in [2.24, 2.45) is 11.8 Å². The van der Waals surface area contributed by atoms with E-state index in [2.05, 4.69) is 55.1 Å². The van der Waals surface area contributed by atoms with Crippen molar-refractivity contribution in [3.63, 3.8) is 0 Å². The maximum atomic E-state index is 6.52. The first kappa shape index (κ1) is 16.4. The van der Waals surface area contributed by atoms with E-state index in [1.54, 1.807) is 38.8 Å². The van der Waals surface area contributed by atoms with Gasteiger partial charge in [0.25, 0.3) is 0 Å². The molecule has 0 saturated heterocycles. The molecule has 5 rings (SSSR count). The van der Waals surface area contributed by atoms with Gasteiger partial charge in [0.15, 0.2) is 11.6 Å². The van der Waals surface area contributed by atoms with Gasteiger partial charge in [0, 0.05) is 24.2 Å². The first-order valence-corrected chi connectivity index (χ1v) is 8.95.